The van der Waals surface area contributed by atoms with Gasteiger partial charge in [0, 0.05) is 25.0 Å². The highest BCUT2D eigenvalue weighted by atomic mass is 16.2. The quantitative estimate of drug-likeness (QED) is 0.928. The van der Waals surface area contributed by atoms with Gasteiger partial charge in [-0.3, -0.25) is 4.79 Å². The minimum atomic E-state index is 0.220. The van der Waals surface area contributed by atoms with Crippen LogP contribution in [0.25, 0.3) is 0 Å². The number of hydrogen-bond acceptors (Lipinski definition) is 2. The molecule has 0 spiro atoms. The zero-order valence-electron chi connectivity index (χ0n) is 13.1. The smallest absolute Gasteiger partial charge is 0.226 e. The number of carbonyl (C=O) groups is 1. The number of likely N-dealkylation sites (tertiary alicyclic amines) is 1. The highest BCUT2D eigenvalue weighted by Gasteiger charge is 2.46. The Hall–Kier alpha value is -1.35. The van der Waals surface area contributed by atoms with E-state index in [0.717, 1.165) is 32.4 Å². The van der Waals surface area contributed by atoms with Gasteiger partial charge in [0.2, 0.25) is 5.91 Å². The molecule has 3 nitrogen and oxygen atoms in total. The van der Waals surface area contributed by atoms with Crippen molar-refractivity contribution >= 4 is 5.91 Å². The standard InChI is InChI=1S/C18H26N2O/c1-12-5-3-4-6-15(12)16-11-17(16)18(21)20-9-7-14(8-10-20)13(2)19/h3-6,13-14,16-17H,7-11,19H2,1-2H3. The zero-order valence-corrected chi connectivity index (χ0v) is 13.1. The Morgan fingerprint density at radius 3 is 2.57 bits per heavy atom. The molecule has 0 aromatic heterocycles. The van der Waals surface area contributed by atoms with Gasteiger partial charge in [-0.15, -0.1) is 0 Å². The van der Waals surface area contributed by atoms with Crippen LogP contribution in [-0.2, 0) is 4.79 Å². The molecule has 0 bridgehead atoms. The van der Waals surface area contributed by atoms with Gasteiger partial charge in [-0.2, -0.15) is 0 Å². The van der Waals surface area contributed by atoms with Crippen molar-refractivity contribution in [1.29, 1.82) is 0 Å². The van der Waals surface area contributed by atoms with E-state index in [-0.39, 0.29) is 12.0 Å². The van der Waals surface area contributed by atoms with E-state index in [1.807, 2.05) is 0 Å². The van der Waals surface area contributed by atoms with Gasteiger partial charge in [0.05, 0.1) is 0 Å². The predicted octanol–water partition coefficient (Wildman–Crippen LogP) is 2.68. The molecule has 2 N–H and O–H groups in total. The molecule has 21 heavy (non-hydrogen) atoms. The van der Waals surface area contributed by atoms with E-state index in [2.05, 4.69) is 43.0 Å². The van der Waals surface area contributed by atoms with Gasteiger partial charge in [-0.05, 0) is 56.1 Å². The maximum Gasteiger partial charge on any atom is 0.226 e. The van der Waals surface area contributed by atoms with Crippen molar-refractivity contribution in [2.75, 3.05) is 13.1 Å². The van der Waals surface area contributed by atoms with E-state index in [1.165, 1.54) is 11.1 Å². The largest absolute Gasteiger partial charge is 0.342 e. The molecule has 1 aliphatic heterocycles. The van der Waals surface area contributed by atoms with E-state index in [0.29, 0.717) is 17.7 Å². The van der Waals surface area contributed by atoms with Crippen LogP contribution in [0.5, 0.6) is 0 Å². The van der Waals surface area contributed by atoms with Crippen LogP contribution in [0.2, 0.25) is 0 Å². The number of rotatable bonds is 3. The fourth-order valence-electron chi connectivity index (χ4n) is 3.69. The maximum absolute atomic E-state index is 12.6. The van der Waals surface area contributed by atoms with Gasteiger partial charge in [0.25, 0.3) is 0 Å². The summed E-state index contributed by atoms with van der Waals surface area (Å²) in [5.74, 6) is 1.62. The molecule has 1 amide bonds. The summed E-state index contributed by atoms with van der Waals surface area (Å²) in [5.41, 5.74) is 8.65. The molecule has 1 aromatic carbocycles. The molecule has 0 radical (unpaired) electrons. The Bertz CT molecular complexity index is 518. The first-order valence-electron chi connectivity index (χ1n) is 8.18. The number of nitrogens with zero attached hydrogens (tertiary/aromatic N) is 1. The van der Waals surface area contributed by atoms with Gasteiger partial charge in [0.15, 0.2) is 0 Å². The van der Waals surface area contributed by atoms with Crippen molar-refractivity contribution in [3.8, 4) is 0 Å². The average molecular weight is 286 g/mol. The lowest BCUT2D eigenvalue weighted by Gasteiger charge is -2.34. The Labute approximate surface area is 127 Å². The molecule has 3 rings (SSSR count). The highest BCUT2D eigenvalue weighted by Crippen LogP contribution is 2.49. The summed E-state index contributed by atoms with van der Waals surface area (Å²) in [5, 5.41) is 0. The monoisotopic (exact) mass is 286 g/mol. The van der Waals surface area contributed by atoms with Crippen LogP contribution in [0.4, 0.5) is 0 Å². The Morgan fingerprint density at radius 1 is 1.29 bits per heavy atom. The SMILES string of the molecule is Cc1ccccc1C1CC1C(=O)N1CCC(C(C)N)CC1. The Balaban J connectivity index is 1.58. The van der Waals surface area contributed by atoms with E-state index >= 15 is 0 Å². The van der Waals surface area contributed by atoms with Gasteiger partial charge in [-0.25, -0.2) is 0 Å². The number of nitrogens with two attached hydrogens (primary N) is 1. The van der Waals surface area contributed by atoms with Crippen LogP contribution in [0.15, 0.2) is 24.3 Å². The number of carbonyl (C=O) groups excluding carboxylic acids is 1. The Kier molecular flexibility index (Phi) is 4.03. The van der Waals surface area contributed by atoms with E-state index in [9.17, 15) is 4.79 Å². The summed E-state index contributed by atoms with van der Waals surface area (Å²) >= 11 is 0. The molecule has 2 fully saturated rings. The maximum atomic E-state index is 12.6. The minimum Gasteiger partial charge on any atom is -0.342 e. The summed E-state index contributed by atoms with van der Waals surface area (Å²) < 4.78 is 0. The summed E-state index contributed by atoms with van der Waals surface area (Å²) in [6.07, 6.45) is 3.15. The number of aryl methyl sites for hydroxylation is 1. The second-order valence-corrected chi connectivity index (χ2v) is 6.83. The van der Waals surface area contributed by atoms with Crippen molar-refractivity contribution in [1.82, 2.24) is 4.90 Å². The molecule has 3 atom stereocenters. The first-order chi connectivity index (χ1) is 10.1. The number of piperidine rings is 1. The molecular formula is C18H26N2O. The predicted molar refractivity (Wildman–Crippen MR) is 85.0 cm³/mol. The van der Waals surface area contributed by atoms with Crippen molar-refractivity contribution in [3.05, 3.63) is 35.4 Å². The third-order valence-corrected chi connectivity index (χ3v) is 5.29. The van der Waals surface area contributed by atoms with Crippen LogP contribution in [0.1, 0.15) is 43.2 Å². The van der Waals surface area contributed by atoms with Gasteiger partial charge in [0.1, 0.15) is 0 Å². The van der Waals surface area contributed by atoms with Crippen molar-refractivity contribution < 1.29 is 4.79 Å². The lowest BCUT2D eigenvalue weighted by molar-refractivity contribution is -0.134. The molecule has 1 heterocycles. The lowest BCUT2D eigenvalue weighted by atomic mass is 9.90. The number of hydrogen-bond donors (Lipinski definition) is 1. The second kappa shape index (κ2) is 5.80. The fraction of sp³-hybridized carbons (Fsp3) is 0.611. The molecule has 1 aromatic rings. The molecule has 1 saturated carbocycles. The molecule has 3 heteroatoms. The van der Waals surface area contributed by atoms with E-state index < -0.39 is 0 Å². The zero-order chi connectivity index (χ0) is 15.0. The van der Waals surface area contributed by atoms with Gasteiger partial charge in [-0.1, -0.05) is 24.3 Å². The van der Waals surface area contributed by atoms with Crippen LogP contribution in [0, 0.1) is 18.8 Å². The van der Waals surface area contributed by atoms with Crippen LogP contribution < -0.4 is 5.73 Å². The second-order valence-electron chi connectivity index (χ2n) is 6.83. The van der Waals surface area contributed by atoms with E-state index in [1.54, 1.807) is 0 Å². The minimum absolute atomic E-state index is 0.220. The Morgan fingerprint density at radius 2 is 1.95 bits per heavy atom. The van der Waals surface area contributed by atoms with Crippen LogP contribution in [0.3, 0.4) is 0 Å². The molecule has 114 valence electrons. The normalized spacial score (nSPS) is 27.5. The van der Waals surface area contributed by atoms with Crippen molar-refractivity contribution in [2.45, 2.75) is 45.1 Å². The molecule has 3 unspecified atom stereocenters. The van der Waals surface area contributed by atoms with Crippen LogP contribution in [-0.4, -0.2) is 29.9 Å². The van der Waals surface area contributed by atoms with Crippen molar-refractivity contribution in [3.63, 3.8) is 0 Å². The van der Waals surface area contributed by atoms with Gasteiger partial charge < -0.3 is 10.6 Å². The summed E-state index contributed by atoms with van der Waals surface area (Å²) in [7, 11) is 0. The number of benzene rings is 1. The molecule has 2 aliphatic rings. The van der Waals surface area contributed by atoms with Crippen molar-refractivity contribution in [2.24, 2.45) is 17.6 Å². The highest BCUT2D eigenvalue weighted by molar-refractivity contribution is 5.83. The molecule has 1 saturated heterocycles. The topological polar surface area (TPSA) is 46.3 Å². The van der Waals surface area contributed by atoms with Crippen LogP contribution >= 0.6 is 0 Å². The molecular weight excluding hydrogens is 260 g/mol. The first-order valence-corrected chi connectivity index (χ1v) is 8.18. The summed E-state index contributed by atoms with van der Waals surface area (Å²) in [4.78, 5) is 14.7. The fourth-order valence-corrected chi connectivity index (χ4v) is 3.69. The van der Waals surface area contributed by atoms with E-state index in [4.69, 9.17) is 5.73 Å². The third-order valence-electron chi connectivity index (χ3n) is 5.29. The third kappa shape index (κ3) is 2.98. The lowest BCUT2D eigenvalue weighted by Crippen LogP contribution is -2.43. The summed E-state index contributed by atoms with van der Waals surface area (Å²) in [6, 6.07) is 8.72. The summed E-state index contributed by atoms with van der Waals surface area (Å²) in [6.45, 7) is 6.00. The van der Waals surface area contributed by atoms with Gasteiger partial charge >= 0.3 is 0 Å². The first kappa shape index (κ1) is 14.6. The molecule has 1 aliphatic carbocycles. The average Bonchev–Trinajstić information content (AvgIpc) is 3.27. The number of amides is 1.